The zero-order valence-electron chi connectivity index (χ0n) is 19.2. The number of aliphatic carboxylic acids is 1. The number of benzene rings is 1. The Morgan fingerprint density at radius 2 is 1.74 bits per heavy atom. The van der Waals surface area contributed by atoms with Crippen LogP contribution in [0.15, 0.2) is 24.3 Å². The van der Waals surface area contributed by atoms with Gasteiger partial charge in [0.1, 0.15) is 6.04 Å². The van der Waals surface area contributed by atoms with E-state index < -0.39 is 31.1 Å². The van der Waals surface area contributed by atoms with Gasteiger partial charge in [0.05, 0.1) is 12.5 Å². The van der Waals surface area contributed by atoms with Crippen LogP contribution in [0.4, 0.5) is 0 Å². The van der Waals surface area contributed by atoms with Crippen molar-refractivity contribution >= 4 is 30.4 Å². The van der Waals surface area contributed by atoms with Crippen LogP contribution >= 0.6 is 0 Å². The number of carboxylic acids is 1. The first-order chi connectivity index (χ1) is 16.3. The molecule has 1 aromatic rings. The second-order valence-electron chi connectivity index (χ2n) is 8.34. The third-order valence-corrected chi connectivity index (χ3v) is 5.91. The third-order valence-electron chi connectivity index (χ3n) is 5.91. The van der Waals surface area contributed by atoms with Crippen LogP contribution in [0, 0.1) is 0 Å². The van der Waals surface area contributed by atoms with Crippen molar-refractivity contribution in [3.63, 3.8) is 0 Å². The summed E-state index contributed by atoms with van der Waals surface area (Å²) in [5, 5.41) is 31.0. The number of nitrogens with one attached hydrogen (secondary N) is 2. The van der Waals surface area contributed by atoms with Gasteiger partial charge in [-0.25, -0.2) is 10.2 Å². The van der Waals surface area contributed by atoms with E-state index in [2.05, 4.69) is 15.6 Å². The van der Waals surface area contributed by atoms with E-state index in [1.807, 2.05) is 12.1 Å². The molecule has 0 spiro atoms. The van der Waals surface area contributed by atoms with E-state index >= 15 is 0 Å². The van der Waals surface area contributed by atoms with Gasteiger partial charge in [-0.3, -0.25) is 20.3 Å². The second kappa shape index (κ2) is 14.0. The largest absolute Gasteiger partial charge is 0.488 e. The average Bonchev–Trinajstić information content (AvgIpc) is 2.82. The Hall–Kier alpha value is -2.55. The second-order valence-corrected chi connectivity index (χ2v) is 8.34. The average molecular weight is 478 g/mol. The zero-order valence-corrected chi connectivity index (χ0v) is 19.2. The number of carboxylic acid groups (broad SMARTS) is 1. The molecule has 1 fully saturated rings. The Kier molecular flexibility index (Phi) is 11.4. The smallest absolute Gasteiger partial charge is 0.480 e. The molecule has 2 unspecified atom stereocenters. The predicted octanol–water partition coefficient (Wildman–Crippen LogP) is -3.07. The van der Waals surface area contributed by atoms with Crippen LogP contribution in [0.2, 0.25) is 0 Å². The van der Waals surface area contributed by atoms with Gasteiger partial charge in [0.15, 0.2) is 0 Å². The number of hydrogen-bond donors (Lipinski definition) is 7. The van der Waals surface area contributed by atoms with Crippen LogP contribution in [-0.2, 0) is 20.9 Å². The topological polar surface area (TPSA) is 194 Å². The summed E-state index contributed by atoms with van der Waals surface area (Å²) in [6.07, 6.45) is 1.41. The molecule has 0 bridgehead atoms. The van der Waals surface area contributed by atoms with Crippen molar-refractivity contribution in [1.82, 2.24) is 20.5 Å². The number of unbranched alkanes of at least 4 members (excludes halogenated alkanes) is 1. The molecule has 188 valence electrons. The summed E-state index contributed by atoms with van der Waals surface area (Å²) in [6, 6.07) is 4.91. The van der Waals surface area contributed by atoms with E-state index in [0.29, 0.717) is 64.0 Å². The van der Waals surface area contributed by atoms with E-state index in [-0.39, 0.29) is 12.3 Å². The summed E-state index contributed by atoms with van der Waals surface area (Å²) < 4.78 is 0. The van der Waals surface area contributed by atoms with Gasteiger partial charge in [-0.15, -0.1) is 0 Å². The van der Waals surface area contributed by atoms with Crippen LogP contribution < -0.4 is 27.8 Å². The van der Waals surface area contributed by atoms with Crippen molar-refractivity contribution in [2.45, 2.75) is 44.3 Å². The molecule has 1 aromatic carbocycles. The monoisotopic (exact) mass is 478 g/mol. The minimum Gasteiger partial charge on any atom is -0.480 e. The molecule has 0 radical (unpaired) electrons. The maximum Gasteiger partial charge on any atom is 0.488 e. The minimum absolute atomic E-state index is 0.360. The van der Waals surface area contributed by atoms with Gasteiger partial charge < -0.3 is 31.1 Å². The first-order valence-electron chi connectivity index (χ1n) is 11.4. The molecular formula is C21H35BN6O6. The summed E-state index contributed by atoms with van der Waals surface area (Å²) in [7, 11) is -1.56. The number of piperazine rings is 1. The van der Waals surface area contributed by atoms with Crippen molar-refractivity contribution < 1.29 is 29.5 Å². The van der Waals surface area contributed by atoms with Crippen molar-refractivity contribution in [2.75, 3.05) is 32.7 Å². The number of nitrogens with two attached hydrogens (primary N) is 2. The maximum atomic E-state index is 12.7. The highest BCUT2D eigenvalue weighted by atomic mass is 16.4. The van der Waals surface area contributed by atoms with Gasteiger partial charge in [-0.2, -0.15) is 0 Å². The molecule has 2 rings (SSSR count). The molecular weight excluding hydrogens is 443 g/mol. The lowest BCUT2D eigenvalue weighted by Gasteiger charge is -2.35. The van der Waals surface area contributed by atoms with Gasteiger partial charge in [-0.05, 0) is 30.4 Å². The lowest BCUT2D eigenvalue weighted by atomic mass is 9.77. The Bertz CT molecular complexity index is 821. The molecule has 1 aliphatic rings. The van der Waals surface area contributed by atoms with Crippen LogP contribution in [-0.4, -0.2) is 94.7 Å². The Labute approximate surface area is 199 Å². The van der Waals surface area contributed by atoms with E-state index in [1.165, 1.54) is 0 Å². The highest BCUT2D eigenvalue weighted by Gasteiger charge is 2.30. The number of rotatable bonds is 13. The number of carbonyl (C=O) groups is 3. The van der Waals surface area contributed by atoms with Crippen LogP contribution in [0.3, 0.4) is 0 Å². The standard InChI is InChI=1S/C21H35BN6O6/c23-8-4-3-7-17(26-24)20(30)25-18(21(31)32)13-19(29)28-11-9-27(10-12-28)14-15-5-1-2-6-16(15)22(33)34/h1-2,5-6,17-18,26,33-34H,3-4,7-14,23-24H2,(H,25,30)(H,31,32). The molecule has 13 heteroatoms. The summed E-state index contributed by atoms with van der Waals surface area (Å²) in [5.74, 6) is 3.19. The maximum absolute atomic E-state index is 12.7. The fourth-order valence-corrected chi connectivity index (χ4v) is 3.89. The van der Waals surface area contributed by atoms with Crippen LogP contribution in [0.5, 0.6) is 0 Å². The zero-order chi connectivity index (χ0) is 25.1. The molecule has 2 amide bonds. The molecule has 1 aliphatic heterocycles. The molecule has 12 nitrogen and oxygen atoms in total. The van der Waals surface area contributed by atoms with Crippen molar-refractivity contribution in [3.05, 3.63) is 29.8 Å². The molecule has 0 aliphatic carbocycles. The summed E-state index contributed by atoms with van der Waals surface area (Å²) >= 11 is 0. The fraction of sp³-hybridized carbons (Fsp3) is 0.571. The number of amides is 2. The van der Waals surface area contributed by atoms with Crippen molar-refractivity contribution in [1.29, 1.82) is 0 Å². The highest BCUT2D eigenvalue weighted by Crippen LogP contribution is 2.10. The Morgan fingerprint density at radius 3 is 2.32 bits per heavy atom. The normalized spacial score (nSPS) is 16.1. The first kappa shape index (κ1) is 27.7. The Balaban J connectivity index is 1.87. The minimum atomic E-state index is -1.56. The van der Waals surface area contributed by atoms with Gasteiger partial charge in [0, 0.05) is 32.7 Å². The number of hydrazine groups is 1. The molecule has 0 aromatic heterocycles. The van der Waals surface area contributed by atoms with E-state index in [4.69, 9.17) is 11.6 Å². The Morgan fingerprint density at radius 1 is 1.06 bits per heavy atom. The molecule has 34 heavy (non-hydrogen) atoms. The fourth-order valence-electron chi connectivity index (χ4n) is 3.89. The van der Waals surface area contributed by atoms with Gasteiger partial charge in [0.25, 0.3) is 0 Å². The van der Waals surface area contributed by atoms with Gasteiger partial charge >= 0.3 is 13.1 Å². The lowest BCUT2D eigenvalue weighted by molar-refractivity contribution is -0.146. The van der Waals surface area contributed by atoms with Crippen LogP contribution in [0.1, 0.15) is 31.2 Å². The highest BCUT2D eigenvalue weighted by molar-refractivity contribution is 6.59. The third kappa shape index (κ3) is 8.35. The summed E-state index contributed by atoms with van der Waals surface area (Å²) in [5.41, 5.74) is 9.06. The van der Waals surface area contributed by atoms with Gasteiger partial charge in [0.2, 0.25) is 11.8 Å². The van der Waals surface area contributed by atoms with E-state index in [0.717, 1.165) is 5.56 Å². The molecule has 9 N–H and O–H groups in total. The molecule has 0 saturated carbocycles. The lowest BCUT2D eigenvalue weighted by Crippen LogP contribution is -2.54. The van der Waals surface area contributed by atoms with E-state index in [9.17, 15) is 29.5 Å². The summed E-state index contributed by atoms with van der Waals surface area (Å²) in [4.78, 5) is 40.5. The number of hydrogen-bond acceptors (Lipinski definition) is 9. The summed E-state index contributed by atoms with van der Waals surface area (Å²) in [6.45, 7) is 2.87. The number of carbonyl (C=O) groups excluding carboxylic acids is 2. The predicted molar refractivity (Wildman–Crippen MR) is 126 cm³/mol. The first-order valence-corrected chi connectivity index (χ1v) is 11.4. The molecule has 2 atom stereocenters. The molecule has 1 saturated heterocycles. The van der Waals surface area contributed by atoms with E-state index in [1.54, 1.807) is 17.0 Å². The van der Waals surface area contributed by atoms with Gasteiger partial charge in [-0.1, -0.05) is 30.7 Å². The van der Waals surface area contributed by atoms with Crippen LogP contribution in [0.25, 0.3) is 0 Å². The molecule has 1 heterocycles. The SMILES string of the molecule is NCCCCC(NN)C(=O)NC(CC(=O)N1CCN(Cc2ccccc2B(O)O)CC1)C(=O)O. The van der Waals surface area contributed by atoms with Crippen molar-refractivity contribution in [2.24, 2.45) is 11.6 Å². The quantitative estimate of drug-likeness (QED) is 0.0662. The number of nitrogens with zero attached hydrogens (tertiary/aromatic N) is 2. The van der Waals surface area contributed by atoms with Crippen molar-refractivity contribution in [3.8, 4) is 0 Å².